The predicted octanol–water partition coefficient (Wildman–Crippen LogP) is 5.50. The second-order valence-corrected chi connectivity index (χ2v) is 6.22. The zero-order valence-corrected chi connectivity index (χ0v) is 14.9. The molecular formula is C18H18Cl2N2O2. The van der Waals surface area contributed by atoms with Gasteiger partial charge in [0.25, 0.3) is 0 Å². The molecule has 0 saturated carbocycles. The number of halogens is 2. The molecule has 0 unspecified atom stereocenters. The van der Waals surface area contributed by atoms with Gasteiger partial charge < -0.3 is 10.4 Å². The Labute approximate surface area is 151 Å². The van der Waals surface area contributed by atoms with Crippen molar-refractivity contribution in [2.24, 2.45) is 4.99 Å². The molecule has 2 aromatic carbocycles. The standard InChI is InChI=1S/C18H18Cl2N2O2/c1-3-4-17(23)22-13-5-6-14(19)16(9-13)21-10-12-7-11(2)8-15(20)18(12)24/h5-10,24H,3-4H2,1-2H3,(H,22,23). The summed E-state index contributed by atoms with van der Waals surface area (Å²) < 4.78 is 0. The predicted molar refractivity (Wildman–Crippen MR) is 100 cm³/mol. The molecule has 0 spiro atoms. The molecular weight excluding hydrogens is 347 g/mol. The first-order valence-electron chi connectivity index (χ1n) is 7.53. The summed E-state index contributed by atoms with van der Waals surface area (Å²) in [6.07, 6.45) is 2.72. The van der Waals surface area contributed by atoms with Gasteiger partial charge >= 0.3 is 0 Å². The van der Waals surface area contributed by atoms with E-state index in [2.05, 4.69) is 10.3 Å². The Kier molecular flexibility index (Phi) is 6.23. The van der Waals surface area contributed by atoms with Crippen molar-refractivity contribution in [3.63, 3.8) is 0 Å². The highest BCUT2D eigenvalue weighted by molar-refractivity contribution is 6.33. The normalized spacial score (nSPS) is 11.0. The summed E-state index contributed by atoms with van der Waals surface area (Å²) in [7, 11) is 0. The summed E-state index contributed by atoms with van der Waals surface area (Å²) in [5.74, 6) is -0.0904. The van der Waals surface area contributed by atoms with Crippen molar-refractivity contribution < 1.29 is 9.90 Å². The number of rotatable bonds is 5. The molecule has 0 bridgehead atoms. The van der Waals surface area contributed by atoms with E-state index in [1.807, 2.05) is 13.8 Å². The molecule has 126 valence electrons. The number of anilines is 1. The number of phenolic OH excluding ortho intramolecular Hbond substituents is 1. The number of aryl methyl sites for hydroxylation is 1. The van der Waals surface area contributed by atoms with Crippen LogP contribution in [0, 0.1) is 6.92 Å². The fourth-order valence-electron chi connectivity index (χ4n) is 2.14. The van der Waals surface area contributed by atoms with Gasteiger partial charge in [-0.2, -0.15) is 0 Å². The lowest BCUT2D eigenvalue weighted by molar-refractivity contribution is -0.116. The molecule has 2 N–H and O–H groups in total. The van der Waals surface area contributed by atoms with Gasteiger partial charge in [0, 0.05) is 23.9 Å². The van der Waals surface area contributed by atoms with Crippen LogP contribution in [0.25, 0.3) is 0 Å². The Bertz CT molecular complexity index is 789. The third kappa shape index (κ3) is 4.73. The lowest BCUT2D eigenvalue weighted by Crippen LogP contribution is -2.10. The van der Waals surface area contributed by atoms with Crippen LogP contribution in [0.15, 0.2) is 35.3 Å². The van der Waals surface area contributed by atoms with Crippen LogP contribution < -0.4 is 5.32 Å². The second kappa shape index (κ2) is 8.18. The van der Waals surface area contributed by atoms with Crippen LogP contribution in [0.5, 0.6) is 5.75 Å². The van der Waals surface area contributed by atoms with Crippen LogP contribution >= 0.6 is 23.2 Å². The number of phenols is 1. The number of amides is 1. The summed E-state index contributed by atoms with van der Waals surface area (Å²) >= 11 is 12.1. The van der Waals surface area contributed by atoms with Gasteiger partial charge in [-0.3, -0.25) is 9.79 Å². The number of hydrogen-bond acceptors (Lipinski definition) is 3. The Morgan fingerprint density at radius 1 is 1.25 bits per heavy atom. The van der Waals surface area contributed by atoms with Crippen molar-refractivity contribution in [2.75, 3.05) is 5.32 Å². The summed E-state index contributed by atoms with van der Waals surface area (Å²) in [5, 5.41) is 13.5. The fraction of sp³-hybridized carbons (Fsp3) is 0.222. The average Bonchev–Trinajstić information content (AvgIpc) is 2.52. The third-order valence-corrected chi connectivity index (χ3v) is 3.89. The number of nitrogens with one attached hydrogen (secondary N) is 1. The average molecular weight is 365 g/mol. The van der Waals surface area contributed by atoms with Crippen LogP contribution in [0.2, 0.25) is 10.0 Å². The zero-order chi connectivity index (χ0) is 17.7. The van der Waals surface area contributed by atoms with E-state index in [1.54, 1.807) is 30.3 Å². The van der Waals surface area contributed by atoms with Crippen molar-refractivity contribution in [2.45, 2.75) is 26.7 Å². The highest BCUT2D eigenvalue weighted by Crippen LogP contribution is 2.31. The van der Waals surface area contributed by atoms with E-state index < -0.39 is 0 Å². The topological polar surface area (TPSA) is 61.7 Å². The smallest absolute Gasteiger partial charge is 0.224 e. The Hall–Kier alpha value is -2.04. The van der Waals surface area contributed by atoms with Crippen LogP contribution in [-0.4, -0.2) is 17.2 Å². The summed E-state index contributed by atoms with van der Waals surface area (Å²) in [6.45, 7) is 3.82. The van der Waals surface area contributed by atoms with E-state index in [1.165, 1.54) is 6.21 Å². The molecule has 0 atom stereocenters. The number of carbonyl (C=O) groups excluding carboxylic acids is 1. The molecule has 0 aliphatic heterocycles. The largest absolute Gasteiger partial charge is 0.506 e. The highest BCUT2D eigenvalue weighted by atomic mass is 35.5. The van der Waals surface area contributed by atoms with Gasteiger partial charge in [-0.05, 0) is 49.2 Å². The van der Waals surface area contributed by atoms with E-state index in [-0.39, 0.29) is 16.7 Å². The maximum atomic E-state index is 11.7. The number of aromatic hydroxyl groups is 1. The van der Waals surface area contributed by atoms with Gasteiger partial charge in [-0.15, -0.1) is 0 Å². The highest BCUT2D eigenvalue weighted by Gasteiger charge is 2.07. The minimum Gasteiger partial charge on any atom is -0.506 e. The van der Waals surface area contributed by atoms with Gasteiger partial charge in [-0.25, -0.2) is 0 Å². The monoisotopic (exact) mass is 364 g/mol. The molecule has 0 aliphatic rings. The molecule has 24 heavy (non-hydrogen) atoms. The lowest BCUT2D eigenvalue weighted by atomic mass is 10.1. The molecule has 0 heterocycles. The molecule has 0 radical (unpaired) electrons. The van der Waals surface area contributed by atoms with Crippen LogP contribution in [0.4, 0.5) is 11.4 Å². The zero-order valence-electron chi connectivity index (χ0n) is 13.4. The van der Waals surface area contributed by atoms with Crippen LogP contribution in [0.1, 0.15) is 30.9 Å². The van der Waals surface area contributed by atoms with Crippen LogP contribution in [0.3, 0.4) is 0 Å². The van der Waals surface area contributed by atoms with E-state index >= 15 is 0 Å². The first kappa shape index (κ1) is 18.3. The Balaban J connectivity index is 2.27. The van der Waals surface area contributed by atoms with Crippen molar-refractivity contribution >= 4 is 46.7 Å². The van der Waals surface area contributed by atoms with Crippen molar-refractivity contribution in [1.29, 1.82) is 0 Å². The first-order chi connectivity index (χ1) is 11.4. The molecule has 0 aromatic heterocycles. The lowest BCUT2D eigenvalue weighted by Gasteiger charge is -2.07. The molecule has 2 rings (SSSR count). The van der Waals surface area contributed by atoms with Crippen molar-refractivity contribution in [3.8, 4) is 5.75 Å². The maximum absolute atomic E-state index is 11.7. The molecule has 0 aliphatic carbocycles. The number of benzene rings is 2. The van der Waals surface area contributed by atoms with Gasteiger partial charge in [0.2, 0.25) is 5.91 Å². The quantitative estimate of drug-likeness (QED) is 0.688. The van der Waals surface area contributed by atoms with E-state index in [0.29, 0.717) is 28.4 Å². The molecule has 6 heteroatoms. The fourth-order valence-corrected chi connectivity index (χ4v) is 2.59. The minimum absolute atomic E-state index is 0.0328. The molecule has 4 nitrogen and oxygen atoms in total. The minimum atomic E-state index is -0.0575. The van der Waals surface area contributed by atoms with Gasteiger partial charge in [-0.1, -0.05) is 30.1 Å². The number of nitrogens with zero attached hydrogens (tertiary/aromatic N) is 1. The van der Waals surface area contributed by atoms with Crippen LogP contribution in [-0.2, 0) is 4.79 Å². The first-order valence-corrected chi connectivity index (χ1v) is 8.29. The van der Waals surface area contributed by atoms with Gasteiger partial charge in [0.05, 0.1) is 15.7 Å². The summed E-state index contributed by atoms with van der Waals surface area (Å²) in [6, 6.07) is 8.51. The molecule has 0 fully saturated rings. The number of carbonyl (C=O) groups is 1. The third-order valence-electron chi connectivity index (χ3n) is 3.29. The summed E-state index contributed by atoms with van der Waals surface area (Å²) in [5.41, 5.74) is 2.52. The Morgan fingerprint density at radius 2 is 2.00 bits per heavy atom. The van der Waals surface area contributed by atoms with E-state index in [0.717, 1.165) is 12.0 Å². The van der Waals surface area contributed by atoms with E-state index in [4.69, 9.17) is 23.2 Å². The van der Waals surface area contributed by atoms with Gasteiger partial charge in [0.15, 0.2) is 0 Å². The van der Waals surface area contributed by atoms with Crippen molar-refractivity contribution in [1.82, 2.24) is 0 Å². The molecule has 0 saturated heterocycles. The molecule has 1 amide bonds. The second-order valence-electron chi connectivity index (χ2n) is 5.41. The maximum Gasteiger partial charge on any atom is 0.224 e. The Morgan fingerprint density at radius 3 is 2.71 bits per heavy atom. The number of hydrogen-bond donors (Lipinski definition) is 2. The number of aliphatic imine (C=N–C) groups is 1. The SMILES string of the molecule is CCCC(=O)Nc1ccc(Cl)c(N=Cc2cc(C)cc(Cl)c2O)c1. The summed E-state index contributed by atoms with van der Waals surface area (Å²) in [4.78, 5) is 16.0. The molecule has 2 aromatic rings. The van der Waals surface area contributed by atoms with Gasteiger partial charge in [0.1, 0.15) is 5.75 Å². The van der Waals surface area contributed by atoms with E-state index in [9.17, 15) is 9.90 Å². The van der Waals surface area contributed by atoms with Crippen molar-refractivity contribution in [3.05, 3.63) is 51.5 Å².